The van der Waals surface area contributed by atoms with Gasteiger partial charge < -0.3 is 15.4 Å². The minimum Gasteiger partial charge on any atom is -0.385 e. The van der Waals surface area contributed by atoms with Crippen LogP contribution in [0.3, 0.4) is 0 Å². The fourth-order valence-electron chi connectivity index (χ4n) is 1.99. The maximum atomic E-state index is 13.7. The number of nitrogens with one attached hydrogen (secondary N) is 2. The molecule has 0 saturated carbocycles. The average molecular weight is 336 g/mol. The van der Waals surface area contributed by atoms with E-state index >= 15 is 0 Å². The third-order valence-corrected chi connectivity index (χ3v) is 3.08. The molecule has 2 N–H and O–H groups in total. The number of rotatable bonds is 7. The SMILES string of the molecule is COCCCNC(=O)c1cc(Nc2ccc(F)cc2F)nc(C)n1. The van der Waals surface area contributed by atoms with Crippen LogP contribution in [0.5, 0.6) is 0 Å². The third kappa shape index (κ3) is 4.95. The number of hydrogen-bond acceptors (Lipinski definition) is 5. The van der Waals surface area contributed by atoms with E-state index < -0.39 is 11.6 Å². The summed E-state index contributed by atoms with van der Waals surface area (Å²) in [6.45, 7) is 2.61. The fourth-order valence-corrected chi connectivity index (χ4v) is 1.99. The standard InChI is InChI=1S/C16H18F2N4O2/c1-10-20-14(16(23)19-6-3-7-24-2)9-15(21-10)22-13-5-4-11(17)8-12(13)18/h4-5,8-9H,3,6-7H2,1-2H3,(H,19,23)(H,20,21,22). The summed E-state index contributed by atoms with van der Waals surface area (Å²) < 4.78 is 31.5. The van der Waals surface area contributed by atoms with Crippen LogP contribution in [0.25, 0.3) is 0 Å². The first-order valence-corrected chi connectivity index (χ1v) is 7.34. The van der Waals surface area contributed by atoms with Crippen molar-refractivity contribution in [1.29, 1.82) is 0 Å². The van der Waals surface area contributed by atoms with Gasteiger partial charge in [0.1, 0.15) is 29.0 Å². The molecular weight excluding hydrogens is 318 g/mol. The van der Waals surface area contributed by atoms with E-state index in [0.717, 1.165) is 12.1 Å². The Labute approximate surface area is 138 Å². The van der Waals surface area contributed by atoms with Gasteiger partial charge in [0.05, 0.1) is 5.69 Å². The quantitative estimate of drug-likeness (QED) is 0.760. The molecule has 0 atom stereocenters. The van der Waals surface area contributed by atoms with Crippen LogP contribution >= 0.6 is 0 Å². The molecule has 24 heavy (non-hydrogen) atoms. The second kappa shape index (κ2) is 8.30. The predicted octanol–water partition coefficient (Wildman–Crippen LogP) is 2.57. The molecule has 0 fully saturated rings. The number of hydrogen-bond donors (Lipinski definition) is 2. The molecule has 6 nitrogen and oxygen atoms in total. The summed E-state index contributed by atoms with van der Waals surface area (Å²) in [5, 5.41) is 5.43. The molecule has 1 heterocycles. The van der Waals surface area contributed by atoms with Gasteiger partial charge in [-0.1, -0.05) is 0 Å². The highest BCUT2D eigenvalue weighted by Gasteiger charge is 2.11. The Kier molecular flexibility index (Phi) is 6.14. The van der Waals surface area contributed by atoms with Gasteiger partial charge in [-0.3, -0.25) is 4.79 Å². The Morgan fingerprint density at radius 1 is 1.25 bits per heavy atom. The van der Waals surface area contributed by atoms with Crippen LogP contribution in [-0.2, 0) is 4.74 Å². The topological polar surface area (TPSA) is 76.1 Å². The number of ether oxygens (including phenoxy) is 1. The molecule has 0 spiro atoms. The van der Waals surface area contributed by atoms with Gasteiger partial charge in [-0.05, 0) is 25.5 Å². The highest BCUT2D eigenvalue weighted by atomic mass is 19.1. The maximum absolute atomic E-state index is 13.7. The van der Waals surface area contributed by atoms with E-state index in [9.17, 15) is 13.6 Å². The van der Waals surface area contributed by atoms with Crippen LogP contribution in [0.15, 0.2) is 24.3 Å². The number of nitrogens with zero attached hydrogens (tertiary/aromatic N) is 2. The van der Waals surface area contributed by atoms with Gasteiger partial charge in [-0.2, -0.15) is 0 Å². The van der Waals surface area contributed by atoms with Crippen molar-refractivity contribution in [2.45, 2.75) is 13.3 Å². The van der Waals surface area contributed by atoms with E-state index in [1.807, 2.05) is 0 Å². The van der Waals surface area contributed by atoms with Crippen molar-refractivity contribution in [3.63, 3.8) is 0 Å². The molecule has 2 aromatic rings. The van der Waals surface area contributed by atoms with E-state index in [2.05, 4.69) is 20.6 Å². The Balaban J connectivity index is 2.11. The summed E-state index contributed by atoms with van der Waals surface area (Å²) in [5.41, 5.74) is 0.214. The highest BCUT2D eigenvalue weighted by Crippen LogP contribution is 2.20. The number of anilines is 2. The first-order valence-electron chi connectivity index (χ1n) is 7.34. The van der Waals surface area contributed by atoms with Gasteiger partial charge in [-0.15, -0.1) is 0 Å². The number of methoxy groups -OCH3 is 1. The molecule has 0 bridgehead atoms. The molecule has 0 aliphatic heterocycles. The lowest BCUT2D eigenvalue weighted by Crippen LogP contribution is -2.26. The van der Waals surface area contributed by atoms with Gasteiger partial charge in [0, 0.05) is 32.4 Å². The summed E-state index contributed by atoms with van der Waals surface area (Å²) in [5.74, 6) is -1.19. The van der Waals surface area contributed by atoms with E-state index in [1.54, 1.807) is 14.0 Å². The Hall–Kier alpha value is -2.61. The van der Waals surface area contributed by atoms with E-state index in [0.29, 0.717) is 25.4 Å². The Morgan fingerprint density at radius 3 is 2.75 bits per heavy atom. The van der Waals surface area contributed by atoms with Gasteiger partial charge in [0.25, 0.3) is 5.91 Å². The highest BCUT2D eigenvalue weighted by molar-refractivity contribution is 5.93. The van der Waals surface area contributed by atoms with Crippen molar-refractivity contribution in [2.75, 3.05) is 25.6 Å². The second-order valence-corrected chi connectivity index (χ2v) is 5.04. The normalized spacial score (nSPS) is 10.5. The van der Waals surface area contributed by atoms with Crippen molar-refractivity contribution in [3.05, 3.63) is 47.4 Å². The molecule has 0 aliphatic rings. The summed E-state index contributed by atoms with van der Waals surface area (Å²) in [6, 6.07) is 4.55. The molecule has 0 saturated heterocycles. The number of carbonyl (C=O) groups is 1. The summed E-state index contributed by atoms with van der Waals surface area (Å²) in [6.07, 6.45) is 0.679. The Morgan fingerprint density at radius 2 is 2.04 bits per heavy atom. The molecule has 0 radical (unpaired) electrons. The lowest BCUT2D eigenvalue weighted by atomic mass is 10.3. The van der Waals surface area contributed by atoms with Crippen LogP contribution in [0.2, 0.25) is 0 Å². The first-order chi connectivity index (χ1) is 11.5. The number of aromatic nitrogens is 2. The second-order valence-electron chi connectivity index (χ2n) is 5.04. The van der Waals surface area contributed by atoms with Crippen molar-refractivity contribution in [1.82, 2.24) is 15.3 Å². The maximum Gasteiger partial charge on any atom is 0.270 e. The molecular formula is C16H18F2N4O2. The largest absolute Gasteiger partial charge is 0.385 e. The van der Waals surface area contributed by atoms with Crippen LogP contribution < -0.4 is 10.6 Å². The van der Waals surface area contributed by atoms with Gasteiger partial charge >= 0.3 is 0 Å². The average Bonchev–Trinajstić information content (AvgIpc) is 2.53. The van der Waals surface area contributed by atoms with Crippen LogP contribution in [0.1, 0.15) is 22.7 Å². The zero-order valence-electron chi connectivity index (χ0n) is 13.4. The predicted molar refractivity (Wildman–Crippen MR) is 85.2 cm³/mol. The molecule has 0 aliphatic carbocycles. The van der Waals surface area contributed by atoms with Gasteiger partial charge in [0.2, 0.25) is 0 Å². The minimum absolute atomic E-state index is 0.0564. The fraction of sp³-hybridized carbons (Fsp3) is 0.312. The summed E-state index contributed by atoms with van der Waals surface area (Å²) in [7, 11) is 1.59. The number of amides is 1. The van der Waals surface area contributed by atoms with Crippen molar-refractivity contribution in [3.8, 4) is 0 Å². The van der Waals surface area contributed by atoms with Crippen molar-refractivity contribution >= 4 is 17.4 Å². The Bertz CT molecular complexity index is 725. The molecule has 1 amide bonds. The smallest absolute Gasteiger partial charge is 0.270 e. The van der Waals surface area contributed by atoms with Crippen LogP contribution in [0, 0.1) is 18.6 Å². The minimum atomic E-state index is -0.753. The van der Waals surface area contributed by atoms with Crippen LogP contribution in [-0.4, -0.2) is 36.1 Å². The van der Waals surface area contributed by atoms with Gasteiger partial charge in [-0.25, -0.2) is 18.7 Å². The molecule has 1 aromatic heterocycles. The van der Waals surface area contributed by atoms with E-state index in [1.165, 1.54) is 12.1 Å². The molecule has 128 valence electrons. The molecule has 8 heteroatoms. The lowest BCUT2D eigenvalue weighted by Gasteiger charge is -2.10. The lowest BCUT2D eigenvalue weighted by molar-refractivity contribution is 0.0943. The first kappa shape index (κ1) is 17.7. The molecule has 0 unspecified atom stereocenters. The van der Waals surface area contributed by atoms with E-state index in [4.69, 9.17) is 4.74 Å². The monoisotopic (exact) mass is 336 g/mol. The number of carbonyl (C=O) groups excluding carboxylic acids is 1. The number of halogens is 2. The van der Waals surface area contributed by atoms with Gasteiger partial charge in [0.15, 0.2) is 0 Å². The third-order valence-electron chi connectivity index (χ3n) is 3.08. The number of aryl methyl sites for hydroxylation is 1. The summed E-state index contributed by atoms with van der Waals surface area (Å²) >= 11 is 0. The zero-order valence-corrected chi connectivity index (χ0v) is 13.4. The van der Waals surface area contributed by atoms with Crippen LogP contribution in [0.4, 0.5) is 20.3 Å². The van der Waals surface area contributed by atoms with Crippen molar-refractivity contribution in [2.24, 2.45) is 0 Å². The molecule has 2 rings (SSSR count). The van der Waals surface area contributed by atoms with Crippen molar-refractivity contribution < 1.29 is 18.3 Å². The molecule has 1 aromatic carbocycles. The number of benzene rings is 1. The zero-order chi connectivity index (χ0) is 17.5. The summed E-state index contributed by atoms with van der Waals surface area (Å²) in [4.78, 5) is 20.2. The van der Waals surface area contributed by atoms with E-state index in [-0.39, 0.29) is 23.1 Å².